The van der Waals surface area contributed by atoms with E-state index in [4.69, 9.17) is 4.74 Å². The van der Waals surface area contributed by atoms with Crippen molar-refractivity contribution in [3.8, 4) is 5.75 Å². The topological polar surface area (TPSA) is 82.9 Å². The largest absolute Gasteiger partial charge is 0.482 e. The first-order valence-corrected chi connectivity index (χ1v) is 11.6. The first kappa shape index (κ1) is 25.4. The smallest absolute Gasteiger partial charge is 0.416 e. The zero-order valence-corrected chi connectivity index (χ0v) is 19.8. The number of hydrogen-bond acceptors (Lipinski definition) is 7. The highest BCUT2D eigenvalue weighted by Crippen LogP contribution is 2.33. The van der Waals surface area contributed by atoms with E-state index in [1.807, 2.05) is 25.1 Å². The van der Waals surface area contributed by atoms with Crippen molar-refractivity contribution in [1.29, 1.82) is 0 Å². The zero-order chi connectivity index (χ0) is 25.8. The van der Waals surface area contributed by atoms with Gasteiger partial charge in [-0.25, -0.2) is 0 Å². The van der Waals surface area contributed by atoms with Crippen LogP contribution >= 0.6 is 0 Å². The zero-order valence-electron chi connectivity index (χ0n) is 19.8. The number of benzene rings is 2. The van der Waals surface area contributed by atoms with E-state index in [1.54, 1.807) is 24.5 Å². The second-order valence-electron chi connectivity index (χ2n) is 8.96. The quantitative estimate of drug-likeness (QED) is 0.413. The Hall–Kier alpha value is -3.73. The van der Waals surface area contributed by atoms with Crippen molar-refractivity contribution in [3.05, 3.63) is 82.2 Å². The Kier molecular flexibility index (Phi) is 7.39. The fraction of sp³-hybridized carbons (Fsp3) is 0.360. The van der Waals surface area contributed by atoms with Gasteiger partial charge in [0.25, 0.3) is 0 Å². The highest BCUT2D eigenvalue weighted by molar-refractivity contribution is 5.60. The molecular formula is C25H28F3N5O3. The van der Waals surface area contributed by atoms with Gasteiger partial charge in [-0.1, -0.05) is 24.3 Å². The van der Waals surface area contributed by atoms with Gasteiger partial charge in [-0.05, 0) is 36.8 Å². The molecule has 0 saturated carbocycles. The van der Waals surface area contributed by atoms with Crippen LogP contribution in [-0.2, 0) is 6.18 Å². The maximum atomic E-state index is 12.7. The highest BCUT2D eigenvalue weighted by Gasteiger charge is 2.30. The molecule has 36 heavy (non-hydrogen) atoms. The van der Waals surface area contributed by atoms with Crippen molar-refractivity contribution in [2.24, 2.45) is 0 Å². The molecule has 2 N–H and O–H groups in total. The van der Waals surface area contributed by atoms with Gasteiger partial charge < -0.3 is 20.3 Å². The Morgan fingerprint density at radius 3 is 2.36 bits per heavy atom. The second-order valence-corrected chi connectivity index (χ2v) is 8.96. The van der Waals surface area contributed by atoms with E-state index >= 15 is 0 Å². The van der Waals surface area contributed by atoms with Gasteiger partial charge in [0, 0.05) is 56.9 Å². The van der Waals surface area contributed by atoms with Gasteiger partial charge in [0.05, 0.1) is 10.5 Å². The van der Waals surface area contributed by atoms with Crippen LogP contribution in [0.1, 0.15) is 18.1 Å². The Balaban J connectivity index is 1.30. The van der Waals surface area contributed by atoms with E-state index < -0.39 is 22.3 Å². The summed E-state index contributed by atoms with van der Waals surface area (Å²) in [5.74, 6) is 0.215. The predicted octanol–water partition coefficient (Wildman–Crippen LogP) is 4.21. The lowest BCUT2D eigenvalue weighted by Crippen LogP contribution is -2.50. The van der Waals surface area contributed by atoms with Crippen molar-refractivity contribution >= 4 is 17.5 Å². The van der Waals surface area contributed by atoms with Gasteiger partial charge in [0.1, 0.15) is 12.3 Å². The van der Waals surface area contributed by atoms with Crippen LogP contribution in [0.3, 0.4) is 0 Å². The number of piperazine rings is 1. The van der Waals surface area contributed by atoms with Crippen LogP contribution in [0.5, 0.6) is 5.75 Å². The molecule has 192 valence electrons. The Labute approximate surface area is 207 Å². The molecule has 2 aromatic carbocycles. The van der Waals surface area contributed by atoms with E-state index in [-0.39, 0.29) is 18.0 Å². The maximum Gasteiger partial charge on any atom is 0.416 e. The number of ether oxygens (including phenoxy) is 1. The molecule has 0 bridgehead atoms. The molecule has 0 radical (unpaired) electrons. The third-order valence-electron chi connectivity index (χ3n) is 6.19. The third kappa shape index (κ3) is 6.28. The molecule has 0 spiro atoms. The minimum Gasteiger partial charge on any atom is -0.482 e. The van der Waals surface area contributed by atoms with Gasteiger partial charge in [-0.2, -0.15) is 13.2 Å². The summed E-state index contributed by atoms with van der Waals surface area (Å²) in [7, 11) is 0. The minimum absolute atomic E-state index is 0.0797. The first-order valence-electron chi connectivity index (χ1n) is 11.6. The van der Waals surface area contributed by atoms with Gasteiger partial charge in [0.2, 0.25) is 0 Å². The number of nitrogens with zero attached hydrogens (tertiary/aromatic N) is 3. The molecule has 0 aliphatic carbocycles. The van der Waals surface area contributed by atoms with Gasteiger partial charge in [-0.3, -0.25) is 15.0 Å². The molecule has 2 aliphatic heterocycles. The molecule has 1 saturated heterocycles. The van der Waals surface area contributed by atoms with Crippen LogP contribution in [-0.4, -0.2) is 54.8 Å². The van der Waals surface area contributed by atoms with E-state index in [2.05, 4.69) is 20.4 Å². The number of rotatable bonds is 8. The van der Waals surface area contributed by atoms with Crippen molar-refractivity contribution in [1.82, 2.24) is 15.5 Å². The third-order valence-corrected chi connectivity index (χ3v) is 6.19. The molecule has 0 unspecified atom stereocenters. The minimum atomic E-state index is -4.34. The fourth-order valence-electron chi connectivity index (χ4n) is 4.08. The van der Waals surface area contributed by atoms with Crippen LogP contribution in [0.2, 0.25) is 0 Å². The lowest BCUT2D eigenvalue weighted by Gasteiger charge is -2.35. The Morgan fingerprint density at radius 1 is 1.08 bits per heavy atom. The van der Waals surface area contributed by atoms with Crippen LogP contribution in [0.4, 0.5) is 24.5 Å². The summed E-state index contributed by atoms with van der Waals surface area (Å²) in [4.78, 5) is 15.6. The monoisotopic (exact) mass is 503 g/mol. The van der Waals surface area contributed by atoms with E-state index in [1.165, 1.54) is 12.1 Å². The summed E-state index contributed by atoms with van der Waals surface area (Å²) in [6.07, 6.45) is 2.91. The average Bonchev–Trinajstić information content (AvgIpc) is 3.29. The number of nitrogens with one attached hydrogen (secondary N) is 2. The van der Waals surface area contributed by atoms with E-state index in [0.29, 0.717) is 25.2 Å². The summed E-state index contributed by atoms with van der Waals surface area (Å²) in [5.41, 5.74) is 0.207. The molecule has 11 heteroatoms. The Bertz CT molecular complexity index is 1120. The van der Waals surface area contributed by atoms with Gasteiger partial charge in [-0.15, -0.1) is 0 Å². The highest BCUT2D eigenvalue weighted by atomic mass is 19.4. The number of nitro benzene ring substituents is 1. The molecular weight excluding hydrogens is 475 g/mol. The lowest BCUT2D eigenvalue weighted by molar-refractivity contribution is -0.385. The number of halogens is 3. The summed E-state index contributed by atoms with van der Waals surface area (Å²) in [6, 6.07) is 10.1. The SMILES string of the molecule is CC1(COc2ccc(N3CCN(C/C=C/c4ccc(C(F)(F)F)cc4)CC3)cc2[N+](=O)[O-])NC=CN1. The number of nitro groups is 1. The normalized spacial score (nSPS) is 17.7. The molecule has 0 aromatic heterocycles. The second kappa shape index (κ2) is 10.5. The molecule has 0 amide bonds. The van der Waals surface area contributed by atoms with Gasteiger partial charge in [0.15, 0.2) is 5.75 Å². The van der Waals surface area contributed by atoms with Crippen molar-refractivity contribution in [3.63, 3.8) is 0 Å². The molecule has 8 nitrogen and oxygen atoms in total. The summed E-state index contributed by atoms with van der Waals surface area (Å²) >= 11 is 0. The van der Waals surface area contributed by atoms with Crippen molar-refractivity contribution in [2.45, 2.75) is 18.8 Å². The first-order chi connectivity index (χ1) is 17.1. The molecule has 2 aliphatic rings. The van der Waals surface area contributed by atoms with Crippen LogP contribution in [0, 0.1) is 10.1 Å². The predicted molar refractivity (Wildman–Crippen MR) is 132 cm³/mol. The van der Waals surface area contributed by atoms with Crippen molar-refractivity contribution < 1.29 is 22.8 Å². The van der Waals surface area contributed by atoms with Crippen LogP contribution < -0.4 is 20.3 Å². The number of alkyl halides is 3. The molecule has 2 heterocycles. The standard InChI is InChI=1S/C25H28F3N5O3/c1-24(29-10-11-30-24)18-36-23-9-8-21(17-22(23)33(34)35)32-15-13-31(14-16-32)12-2-3-19-4-6-20(7-5-19)25(26,27)28/h2-11,17,29-30H,12-16,18H2,1H3/b3-2+. The average molecular weight is 504 g/mol. The Morgan fingerprint density at radius 2 is 1.75 bits per heavy atom. The maximum absolute atomic E-state index is 12.7. The van der Waals surface area contributed by atoms with E-state index in [0.717, 1.165) is 30.9 Å². The summed E-state index contributed by atoms with van der Waals surface area (Å²) in [6.45, 7) is 5.67. The lowest BCUT2D eigenvalue weighted by atomic mass is 10.1. The fourth-order valence-corrected chi connectivity index (χ4v) is 4.08. The summed E-state index contributed by atoms with van der Waals surface area (Å²) in [5, 5.41) is 17.9. The number of hydrogen-bond donors (Lipinski definition) is 2. The molecule has 0 atom stereocenters. The van der Waals surface area contributed by atoms with Crippen LogP contribution in [0.25, 0.3) is 6.08 Å². The van der Waals surface area contributed by atoms with E-state index in [9.17, 15) is 23.3 Å². The molecule has 2 aromatic rings. The number of anilines is 1. The molecule has 1 fully saturated rings. The summed E-state index contributed by atoms with van der Waals surface area (Å²) < 4.78 is 43.8. The molecule has 4 rings (SSSR count). The van der Waals surface area contributed by atoms with Crippen LogP contribution in [0.15, 0.2) is 60.9 Å². The van der Waals surface area contributed by atoms with Crippen molar-refractivity contribution in [2.75, 3.05) is 44.2 Å². The van der Waals surface area contributed by atoms with Gasteiger partial charge >= 0.3 is 11.9 Å².